The molecule has 6 heteroatoms. The highest BCUT2D eigenvalue weighted by Crippen LogP contribution is 2.23. The van der Waals surface area contributed by atoms with Crippen LogP contribution < -0.4 is 0 Å². The first-order valence-electron chi connectivity index (χ1n) is 7.03. The second kappa shape index (κ2) is 6.00. The lowest BCUT2D eigenvalue weighted by atomic mass is 10.1. The molecular weight excluding hydrogens is 297 g/mol. The fraction of sp³-hybridized carbons (Fsp3) is 0.118. The SMILES string of the molecule is Cc1cc(-c2nc(-c3ccccc3)n(CC(=O)O)n2)ccc1F. The molecule has 0 bridgehead atoms. The van der Waals surface area contributed by atoms with Gasteiger partial charge in [0.05, 0.1) is 0 Å². The Balaban J connectivity index is 2.10. The van der Waals surface area contributed by atoms with Crippen LogP contribution in [0, 0.1) is 12.7 Å². The third kappa shape index (κ3) is 3.11. The van der Waals surface area contributed by atoms with Crippen molar-refractivity contribution in [3.63, 3.8) is 0 Å². The van der Waals surface area contributed by atoms with Gasteiger partial charge in [0.2, 0.25) is 0 Å². The van der Waals surface area contributed by atoms with Crippen LogP contribution >= 0.6 is 0 Å². The minimum atomic E-state index is -1.01. The molecule has 1 aromatic heterocycles. The summed E-state index contributed by atoms with van der Waals surface area (Å²) in [6.45, 7) is 1.36. The lowest BCUT2D eigenvalue weighted by molar-refractivity contribution is -0.137. The van der Waals surface area contributed by atoms with Crippen LogP contribution in [0.3, 0.4) is 0 Å². The van der Waals surface area contributed by atoms with Crippen LogP contribution in [0.15, 0.2) is 48.5 Å². The van der Waals surface area contributed by atoms with Crippen molar-refractivity contribution in [2.75, 3.05) is 0 Å². The van der Waals surface area contributed by atoms with Crippen molar-refractivity contribution in [3.05, 3.63) is 59.9 Å². The molecule has 0 radical (unpaired) electrons. The molecule has 0 fully saturated rings. The van der Waals surface area contributed by atoms with E-state index >= 15 is 0 Å². The van der Waals surface area contributed by atoms with E-state index in [0.29, 0.717) is 22.8 Å². The normalized spacial score (nSPS) is 10.7. The molecule has 1 N–H and O–H groups in total. The van der Waals surface area contributed by atoms with E-state index in [9.17, 15) is 9.18 Å². The Hall–Kier alpha value is -3.02. The molecule has 116 valence electrons. The summed E-state index contributed by atoms with van der Waals surface area (Å²) in [6.07, 6.45) is 0. The first-order valence-corrected chi connectivity index (χ1v) is 7.03. The van der Waals surface area contributed by atoms with Crippen molar-refractivity contribution < 1.29 is 14.3 Å². The van der Waals surface area contributed by atoms with Crippen LogP contribution in [0.5, 0.6) is 0 Å². The molecule has 0 unspecified atom stereocenters. The van der Waals surface area contributed by atoms with E-state index in [2.05, 4.69) is 10.1 Å². The molecule has 0 atom stereocenters. The summed E-state index contributed by atoms with van der Waals surface area (Å²) in [5.74, 6) is -0.478. The maximum absolute atomic E-state index is 13.4. The van der Waals surface area contributed by atoms with Gasteiger partial charge in [0.15, 0.2) is 11.6 Å². The van der Waals surface area contributed by atoms with Gasteiger partial charge in [0, 0.05) is 11.1 Å². The zero-order valence-corrected chi connectivity index (χ0v) is 12.4. The molecule has 0 aliphatic rings. The van der Waals surface area contributed by atoms with Crippen LogP contribution in [0.1, 0.15) is 5.56 Å². The highest BCUT2D eigenvalue weighted by molar-refractivity contribution is 5.69. The molecule has 0 saturated heterocycles. The van der Waals surface area contributed by atoms with Gasteiger partial charge in [0.25, 0.3) is 0 Å². The van der Waals surface area contributed by atoms with Crippen LogP contribution in [0.25, 0.3) is 22.8 Å². The Bertz CT molecular complexity index is 860. The molecule has 23 heavy (non-hydrogen) atoms. The van der Waals surface area contributed by atoms with Gasteiger partial charge in [-0.2, -0.15) is 0 Å². The van der Waals surface area contributed by atoms with Gasteiger partial charge in [-0.15, -0.1) is 5.10 Å². The van der Waals surface area contributed by atoms with Crippen LogP contribution in [0.2, 0.25) is 0 Å². The van der Waals surface area contributed by atoms with Crippen molar-refractivity contribution in [1.29, 1.82) is 0 Å². The van der Waals surface area contributed by atoms with Gasteiger partial charge in [-0.25, -0.2) is 14.1 Å². The number of hydrogen-bond donors (Lipinski definition) is 1. The van der Waals surface area contributed by atoms with E-state index < -0.39 is 5.97 Å². The standard InChI is InChI=1S/C17H14FN3O2/c1-11-9-13(7-8-14(11)18)16-19-17(12-5-3-2-4-6-12)21(20-16)10-15(22)23/h2-9H,10H2,1H3,(H,22,23). The average Bonchev–Trinajstić information content (AvgIpc) is 2.94. The Morgan fingerprint density at radius 2 is 1.91 bits per heavy atom. The number of aliphatic carboxylic acids is 1. The van der Waals surface area contributed by atoms with Gasteiger partial charge in [-0.05, 0) is 30.7 Å². The van der Waals surface area contributed by atoms with E-state index in [1.165, 1.54) is 10.7 Å². The third-order valence-corrected chi connectivity index (χ3v) is 3.40. The number of halogens is 1. The summed E-state index contributed by atoms with van der Waals surface area (Å²) in [6, 6.07) is 13.8. The number of aryl methyl sites for hydroxylation is 1. The van der Waals surface area contributed by atoms with Gasteiger partial charge in [0.1, 0.15) is 12.4 Å². The second-order valence-electron chi connectivity index (χ2n) is 5.14. The number of carboxylic acid groups (broad SMARTS) is 1. The minimum absolute atomic E-state index is 0.294. The third-order valence-electron chi connectivity index (χ3n) is 3.40. The fourth-order valence-electron chi connectivity index (χ4n) is 2.29. The number of hydrogen-bond acceptors (Lipinski definition) is 3. The van der Waals surface area contributed by atoms with Crippen LogP contribution in [-0.4, -0.2) is 25.8 Å². The van der Waals surface area contributed by atoms with Crippen LogP contribution in [0.4, 0.5) is 4.39 Å². The Morgan fingerprint density at radius 3 is 2.57 bits per heavy atom. The molecule has 0 spiro atoms. The number of carboxylic acids is 1. The minimum Gasteiger partial charge on any atom is -0.480 e. The zero-order chi connectivity index (χ0) is 16.4. The predicted octanol–water partition coefficient (Wildman–Crippen LogP) is 3.14. The molecule has 5 nitrogen and oxygen atoms in total. The molecule has 0 saturated carbocycles. The number of nitrogens with zero attached hydrogens (tertiary/aromatic N) is 3. The molecule has 1 heterocycles. The average molecular weight is 311 g/mol. The topological polar surface area (TPSA) is 68.0 Å². The Morgan fingerprint density at radius 1 is 1.17 bits per heavy atom. The first-order chi connectivity index (χ1) is 11.0. The summed E-state index contributed by atoms with van der Waals surface area (Å²) in [7, 11) is 0. The summed E-state index contributed by atoms with van der Waals surface area (Å²) < 4.78 is 14.8. The number of rotatable bonds is 4. The maximum atomic E-state index is 13.4. The highest BCUT2D eigenvalue weighted by Gasteiger charge is 2.15. The Labute approximate surface area is 132 Å². The molecule has 3 aromatic rings. The van der Waals surface area contributed by atoms with Crippen molar-refractivity contribution in [1.82, 2.24) is 14.8 Å². The molecule has 0 aliphatic carbocycles. The molecule has 2 aromatic carbocycles. The van der Waals surface area contributed by atoms with E-state index in [0.717, 1.165) is 5.56 Å². The fourth-order valence-corrected chi connectivity index (χ4v) is 2.29. The first kappa shape index (κ1) is 14.9. The lowest BCUT2D eigenvalue weighted by Gasteiger charge is -2.02. The second-order valence-corrected chi connectivity index (χ2v) is 5.14. The summed E-state index contributed by atoms with van der Waals surface area (Å²) in [4.78, 5) is 15.5. The van der Waals surface area contributed by atoms with E-state index in [-0.39, 0.29) is 12.4 Å². The molecule has 3 rings (SSSR count). The molecular formula is C17H14FN3O2. The number of carbonyl (C=O) groups is 1. The molecule has 0 amide bonds. The lowest BCUT2D eigenvalue weighted by Crippen LogP contribution is -2.11. The van der Waals surface area contributed by atoms with E-state index in [1.54, 1.807) is 19.1 Å². The van der Waals surface area contributed by atoms with Crippen molar-refractivity contribution in [2.24, 2.45) is 0 Å². The quantitative estimate of drug-likeness (QED) is 0.803. The van der Waals surface area contributed by atoms with E-state index in [4.69, 9.17) is 5.11 Å². The summed E-state index contributed by atoms with van der Waals surface area (Å²) in [5, 5.41) is 13.3. The zero-order valence-electron chi connectivity index (χ0n) is 12.4. The number of benzene rings is 2. The Kier molecular flexibility index (Phi) is 3.89. The van der Waals surface area contributed by atoms with Gasteiger partial charge >= 0.3 is 5.97 Å². The highest BCUT2D eigenvalue weighted by atomic mass is 19.1. The smallest absolute Gasteiger partial charge is 0.325 e. The number of aromatic nitrogens is 3. The largest absolute Gasteiger partial charge is 0.480 e. The van der Waals surface area contributed by atoms with Gasteiger partial charge in [-0.1, -0.05) is 30.3 Å². The van der Waals surface area contributed by atoms with E-state index in [1.807, 2.05) is 30.3 Å². The maximum Gasteiger partial charge on any atom is 0.325 e. The summed E-state index contributed by atoms with van der Waals surface area (Å²) >= 11 is 0. The van der Waals surface area contributed by atoms with Gasteiger partial charge in [-0.3, -0.25) is 4.79 Å². The monoisotopic (exact) mass is 311 g/mol. The van der Waals surface area contributed by atoms with Crippen molar-refractivity contribution >= 4 is 5.97 Å². The van der Waals surface area contributed by atoms with Gasteiger partial charge < -0.3 is 5.11 Å². The predicted molar refractivity (Wildman–Crippen MR) is 83.2 cm³/mol. The van der Waals surface area contributed by atoms with Crippen molar-refractivity contribution in [2.45, 2.75) is 13.5 Å². The summed E-state index contributed by atoms with van der Waals surface area (Å²) in [5.41, 5.74) is 1.90. The van der Waals surface area contributed by atoms with Crippen LogP contribution in [-0.2, 0) is 11.3 Å². The van der Waals surface area contributed by atoms with Crippen molar-refractivity contribution in [3.8, 4) is 22.8 Å². The molecule has 0 aliphatic heterocycles.